The molecule has 7 nitrogen and oxygen atoms in total. The van der Waals surface area contributed by atoms with E-state index < -0.39 is 17.1 Å². The van der Waals surface area contributed by atoms with Crippen molar-refractivity contribution < 1.29 is 22.8 Å². The average Bonchev–Trinajstić information content (AvgIpc) is 2.93. The van der Waals surface area contributed by atoms with E-state index in [1.165, 1.54) is 0 Å². The lowest BCUT2D eigenvalue weighted by Crippen LogP contribution is -2.51. The van der Waals surface area contributed by atoms with Gasteiger partial charge in [-0.25, -0.2) is 13.6 Å². The van der Waals surface area contributed by atoms with Gasteiger partial charge in [-0.2, -0.15) is 4.98 Å². The number of aromatic nitrogens is 2. The van der Waals surface area contributed by atoms with Crippen LogP contribution in [0.2, 0.25) is 0 Å². The van der Waals surface area contributed by atoms with Gasteiger partial charge in [0.1, 0.15) is 5.60 Å². The van der Waals surface area contributed by atoms with Crippen LogP contribution in [0.15, 0.2) is 4.52 Å². The highest BCUT2D eigenvalue weighted by Gasteiger charge is 2.49. The number of likely N-dealkylation sites (tertiary alicyclic amines) is 1. The average molecular weight is 358 g/mol. The molecule has 0 aromatic carbocycles. The number of piperidine rings is 1. The number of ether oxygens (including phenoxy) is 1. The van der Waals surface area contributed by atoms with Crippen molar-refractivity contribution in [2.45, 2.75) is 69.4 Å². The number of hydrogen-bond acceptors (Lipinski definition) is 6. The maximum Gasteiger partial charge on any atom is 0.410 e. The van der Waals surface area contributed by atoms with Crippen LogP contribution in [-0.4, -0.2) is 45.7 Å². The summed E-state index contributed by atoms with van der Waals surface area (Å²) in [4.78, 5) is 18.0. The number of halogens is 2. The minimum absolute atomic E-state index is 0.251. The Labute approximate surface area is 144 Å². The third-order valence-corrected chi connectivity index (χ3v) is 4.63. The first kappa shape index (κ1) is 18.0. The molecule has 140 valence electrons. The van der Waals surface area contributed by atoms with Crippen LogP contribution in [0.5, 0.6) is 0 Å². The predicted octanol–water partition coefficient (Wildman–Crippen LogP) is 2.77. The molecule has 2 heterocycles. The summed E-state index contributed by atoms with van der Waals surface area (Å²) in [7, 11) is 0. The molecule has 0 bridgehead atoms. The number of carbonyl (C=O) groups excluding carboxylic acids is 1. The number of hydrogen-bond donors (Lipinski definition) is 1. The summed E-state index contributed by atoms with van der Waals surface area (Å²) < 4.78 is 36.6. The number of amides is 1. The fourth-order valence-corrected chi connectivity index (χ4v) is 3.08. The first-order valence-electron chi connectivity index (χ1n) is 8.46. The lowest BCUT2D eigenvalue weighted by molar-refractivity contribution is -0.0888. The fraction of sp³-hybridized carbons (Fsp3) is 0.812. The number of nitrogens with zero attached hydrogens (tertiary/aromatic N) is 3. The predicted molar refractivity (Wildman–Crippen MR) is 84.1 cm³/mol. The Bertz CT molecular complexity index is 640. The molecule has 1 saturated heterocycles. The van der Waals surface area contributed by atoms with Crippen LogP contribution >= 0.6 is 0 Å². The third-order valence-electron chi connectivity index (χ3n) is 4.63. The summed E-state index contributed by atoms with van der Waals surface area (Å²) in [6.07, 6.45) is -0.00697. The molecule has 0 atom stereocenters. The van der Waals surface area contributed by atoms with E-state index in [-0.39, 0.29) is 30.7 Å². The number of alkyl halides is 2. The quantitative estimate of drug-likeness (QED) is 0.873. The topological polar surface area (TPSA) is 94.5 Å². The van der Waals surface area contributed by atoms with Crippen molar-refractivity contribution in [2.24, 2.45) is 5.73 Å². The fourth-order valence-electron chi connectivity index (χ4n) is 3.08. The summed E-state index contributed by atoms with van der Waals surface area (Å²) in [5, 5.41) is 3.82. The maximum atomic E-state index is 13.0. The van der Waals surface area contributed by atoms with Gasteiger partial charge in [0.15, 0.2) is 5.82 Å². The van der Waals surface area contributed by atoms with Crippen LogP contribution in [0.1, 0.15) is 64.1 Å². The molecule has 1 aromatic heterocycles. The molecule has 9 heteroatoms. The summed E-state index contributed by atoms with van der Waals surface area (Å²) in [6.45, 7) is 6.25. The second-order valence-electron chi connectivity index (χ2n) is 8.04. The molecular formula is C16H24F2N4O3. The van der Waals surface area contributed by atoms with E-state index in [0.29, 0.717) is 31.8 Å². The molecule has 2 aliphatic rings. The molecule has 0 radical (unpaired) electrons. The Hall–Kier alpha value is -1.77. The van der Waals surface area contributed by atoms with Crippen molar-refractivity contribution in [2.75, 3.05) is 13.1 Å². The first-order chi connectivity index (χ1) is 11.5. The van der Waals surface area contributed by atoms with Gasteiger partial charge in [-0.05, 0) is 33.6 Å². The van der Waals surface area contributed by atoms with Crippen molar-refractivity contribution in [1.82, 2.24) is 15.0 Å². The van der Waals surface area contributed by atoms with Gasteiger partial charge in [0.05, 0.1) is 5.54 Å². The minimum atomic E-state index is -2.63. The van der Waals surface area contributed by atoms with E-state index in [4.69, 9.17) is 15.0 Å². The summed E-state index contributed by atoms with van der Waals surface area (Å²) in [5.74, 6) is -2.47. The van der Waals surface area contributed by atoms with Gasteiger partial charge in [0, 0.05) is 31.8 Å². The standard InChI is InChI=1S/C16H24F2N4O3/c1-14(2,3)24-13(23)22-6-4-15(19,5-7-22)12-20-11(21-25-12)10-8-16(17,18)9-10/h10H,4-9,19H2,1-3H3. The maximum absolute atomic E-state index is 13.0. The van der Waals surface area contributed by atoms with E-state index in [2.05, 4.69) is 10.1 Å². The summed E-state index contributed by atoms with van der Waals surface area (Å²) in [6, 6.07) is 0. The summed E-state index contributed by atoms with van der Waals surface area (Å²) in [5.41, 5.74) is 4.97. The highest BCUT2D eigenvalue weighted by molar-refractivity contribution is 5.68. The largest absolute Gasteiger partial charge is 0.444 e. The molecule has 2 fully saturated rings. The first-order valence-corrected chi connectivity index (χ1v) is 8.46. The Kier molecular flexibility index (Phi) is 4.25. The van der Waals surface area contributed by atoms with E-state index in [1.54, 1.807) is 4.90 Å². The van der Waals surface area contributed by atoms with Crippen LogP contribution in [0, 0.1) is 0 Å². The zero-order chi connectivity index (χ0) is 18.5. The molecule has 25 heavy (non-hydrogen) atoms. The number of carbonyl (C=O) groups is 1. The van der Waals surface area contributed by atoms with Crippen LogP contribution in [0.4, 0.5) is 13.6 Å². The minimum Gasteiger partial charge on any atom is -0.444 e. The highest BCUT2D eigenvalue weighted by Crippen LogP contribution is 2.47. The molecule has 1 saturated carbocycles. The van der Waals surface area contributed by atoms with Crippen molar-refractivity contribution >= 4 is 6.09 Å². The number of rotatable bonds is 2. The van der Waals surface area contributed by atoms with Gasteiger partial charge in [-0.15, -0.1) is 0 Å². The lowest BCUT2D eigenvalue weighted by Gasteiger charge is -2.37. The van der Waals surface area contributed by atoms with Crippen LogP contribution in [-0.2, 0) is 10.3 Å². The molecule has 3 rings (SSSR count). The van der Waals surface area contributed by atoms with E-state index in [1.807, 2.05) is 20.8 Å². The smallest absolute Gasteiger partial charge is 0.410 e. The monoisotopic (exact) mass is 358 g/mol. The Morgan fingerprint density at radius 1 is 1.32 bits per heavy atom. The second kappa shape index (κ2) is 5.89. The summed E-state index contributed by atoms with van der Waals surface area (Å²) >= 11 is 0. The van der Waals surface area contributed by atoms with Crippen LogP contribution in [0.3, 0.4) is 0 Å². The zero-order valence-electron chi connectivity index (χ0n) is 14.7. The van der Waals surface area contributed by atoms with E-state index in [0.717, 1.165) is 0 Å². The molecule has 2 N–H and O–H groups in total. The van der Waals surface area contributed by atoms with Gasteiger partial charge in [-0.3, -0.25) is 0 Å². The Balaban J connectivity index is 1.59. The van der Waals surface area contributed by atoms with E-state index >= 15 is 0 Å². The third kappa shape index (κ3) is 3.91. The SMILES string of the molecule is CC(C)(C)OC(=O)N1CCC(N)(c2nc(C3CC(F)(F)C3)no2)CC1. The van der Waals surface area contributed by atoms with Crippen LogP contribution < -0.4 is 5.73 Å². The van der Waals surface area contributed by atoms with Crippen LogP contribution in [0.25, 0.3) is 0 Å². The zero-order valence-corrected chi connectivity index (χ0v) is 14.7. The van der Waals surface area contributed by atoms with E-state index in [9.17, 15) is 13.6 Å². The molecule has 1 aromatic rings. The normalized spacial score (nSPS) is 23.2. The highest BCUT2D eigenvalue weighted by atomic mass is 19.3. The Morgan fingerprint density at radius 2 is 1.92 bits per heavy atom. The molecular weight excluding hydrogens is 334 g/mol. The van der Waals surface area contributed by atoms with Crippen molar-refractivity contribution in [3.05, 3.63) is 11.7 Å². The van der Waals surface area contributed by atoms with Gasteiger partial charge >= 0.3 is 6.09 Å². The molecule has 1 aliphatic carbocycles. The van der Waals surface area contributed by atoms with Gasteiger partial charge in [-0.1, -0.05) is 5.16 Å². The van der Waals surface area contributed by atoms with Gasteiger partial charge in [0.25, 0.3) is 0 Å². The van der Waals surface area contributed by atoms with Crippen molar-refractivity contribution in [3.63, 3.8) is 0 Å². The second-order valence-corrected chi connectivity index (χ2v) is 8.04. The van der Waals surface area contributed by atoms with Gasteiger partial charge in [0.2, 0.25) is 11.8 Å². The van der Waals surface area contributed by atoms with Gasteiger partial charge < -0.3 is 19.9 Å². The molecule has 0 unspecified atom stereocenters. The lowest BCUT2D eigenvalue weighted by atomic mass is 9.81. The molecule has 0 spiro atoms. The molecule has 1 aliphatic heterocycles. The number of nitrogens with two attached hydrogens (primary N) is 1. The van der Waals surface area contributed by atoms with Crippen molar-refractivity contribution in [1.29, 1.82) is 0 Å². The van der Waals surface area contributed by atoms with Crippen molar-refractivity contribution in [3.8, 4) is 0 Å². The Morgan fingerprint density at radius 3 is 2.44 bits per heavy atom. The molecule has 1 amide bonds.